The van der Waals surface area contributed by atoms with Crippen LogP contribution in [0.4, 0.5) is 0 Å². The zero-order valence-corrected chi connectivity index (χ0v) is 10.3. The van der Waals surface area contributed by atoms with Gasteiger partial charge in [-0.05, 0) is 29.8 Å². The van der Waals surface area contributed by atoms with Gasteiger partial charge in [-0.15, -0.1) is 11.3 Å². The van der Waals surface area contributed by atoms with E-state index in [1.165, 1.54) is 4.88 Å². The van der Waals surface area contributed by atoms with E-state index in [4.69, 9.17) is 0 Å². The molecule has 0 aliphatic carbocycles. The minimum absolute atomic E-state index is 0.0892. The third-order valence-electron chi connectivity index (χ3n) is 3.37. The molecule has 0 bridgehead atoms. The van der Waals surface area contributed by atoms with Crippen molar-refractivity contribution in [2.24, 2.45) is 5.41 Å². The maximum atomic E-state index is 10.00. The lowest BCUT2D eigenvalue weighted by Crippen LogP contribution is -2.47. The molecule has 1 saturated heterocycles. The van der Waals surface area contributed by atoms with Gasteiger partial charge in [0, 0.05) is 18.0 Å². The zero-order valence-electron chi connectivity index (χ0n) is 9.44. The molecule has 0 radical (unpaired) electrons. The Morgan fingerprint density at radius 1 is 1.60 bits per heavy atom. The van der Waals surface area contributed by atoms with Crippen molar-refractivity contribution in [3.05, 3.63) is 22.4 Å². The summed E-state index contributed by atoms with van der Waals surface area (Å²) in [5.41, 5.74) is 0.0892. The Hall–Kier alpha value is -0.380. The van der Waals surface area contributed by atoms with Gasteiger partial charge in [-0.25, -0.2) is 0 Å². The first-order valence-corrected chi connectivity index (χ1v) is 6.39. The van der Waals surface area contributed by atoms with Gasteiger partial charge in [-0.3, -0.25) is 4.90 Å². The largest absolute Gasteiger partial charge is 0.391 e. The van der Waals surface area contributed by atoms with Crippen LogP contribution in [-0.4, -0.2) is 29.2 Å². The number of thiophene rings is 1. The van der Waals surface area contributed by atoms with E-state index in [0.717, 1.165) is 26.1 Å². The van der Waals surface area contributed by atoms with Crippen LogP contribution in [0.5, 0.6) is 0 Å². The van der Waals surface area contributed by atoms with Crippen molar-refractivity contribution in [1.82, 2.24) is 4.90 Å². The Kier molecular flexibility index (Phi) is 3.14. The summed E-state index contributed by atoms with van der Waals surface area (Å²) >= 11 is 1.79. The predicted octanol–water partition coefficient (Wildman–Crippen LogP) is 2.34. The van der Waals surface area contributed by atoms with Gasteiger partial charge in [0.25, 0.3) is 0 Å². The molecule has 1 fully saturated rings. The summed E-state index contributed by atoms with van der Waals surface area (Å²) in [6.45, 7) is 7.21. The summed E-state index contributed by atoms with van der Waals surface area (Å²) < 4.78 is 0. The summed E-state index contributed by atoms with van der Waals surface area (Å²) in [6.07, 6.45) is 0.894. The van der Waals surface area contributed by atoms with Gasteiger partial charge in [0.05, 0.1) is 6.10 Å². The molecular formula is C12H19NOS. The quantitative estimate of drug-likeness (QED) is 0.835. The Bertz CT molecular complexity index is 307. The SMILES string of the molecule is CC1(C)CCN(Cc2cccs2)CC1O. The maximum absolute atomic E-state index is 10.00. The molecule has 2 nitrogen and oxygen atoms in total. The molecule has 1 unspecified atom stereocenters. The Morgan fingerprint density at radius 3 is 3.00 bits per heavy atom. The fourth-order valence-corrected chi connectivity index (χ4v) is 2.71. The monoisotopic (exact) mass is 225 g/mol. The number of likely N-dealkylation sites (tertiary alicyclic amines) is 1. The van der Waals surface area contributed by atoms with Crippen LogP contribution in [0.3, 0.4) is 0 Å². The topological polar surface area (TPSA) is 23.5 Å². The van der Waals surface area contributed by atoms with E-state index < -0.39 is 0 Å². The molecule has 1 aliphatic rings. The fraction of sp³-hybridized carbons (Fsp3) is 0.667. The molecular weight excluding hydrogens is 206 g/mol. The van der Waals surface area contributed by atoms with Crippen molar-refractivity contribution in [2.45, 2.75) is 32.9 Å². The molecule has 84 valence electrons. The predicted molar refractivity (Wildman–Crippen MR) is 64.0 cm³/mol. The molecule has 0 amide bonds. The first-order valence-electron chi connectivity index (χ1n) is 5.51. The highest BCUT2D eigenvalue weighted by Crippen LogP contribution is 2.31. The molecule has 1 aliphatic heterocycles. The van der Waals surface area contributed by atoms with Gasteiger partial charge < -0.3 is 5.11 Å². The average Bonchev–Trinajstić information content (AvgIpc) is 2.65. The van der Waals surface area contributed by atoms with Gasteiger partial charge in [0.15, 0.2) is 0 Å². The van der Waals surface area contributed by atoms with E-state index in [1.54, 1.807) is 11.3 Å². The number of hydrogen-bond acceptors (Lipinski definition) is 3. The number of piperidine rings is 1. The first kappa shape index (κ1) is 11.1. The number of aliphatic hydroxyl groups is 1. The van der Waals surface area contributed by atoms with Crippen LogP contribution in [0.25, 0.3) is 0 Å². The summed E-state index contributed by atoms with van der Waals surface area (Å²) in [6, 6.07) is 4.25. The highest BCUT2D eigenvalue weighted by molar-refractivity contribution is 7.09. The van der Waals surface area contributed by atoms with E-state index in [-0.39, 0.29) is 11.5 Å². The standard InChI is InChI=1S/C12H19NOS/c1-12(2)5-6-13(9-11(12)14)8-10-4-3-7-15-10/h3-4,7,11,14H,5-6,8-9H2,1-2H3. The number of rotatable bonds is 2. The van der Waals surface area contributed by atoms with Crippen molar-refractivity contribution in [1.29, 1.82) is 0 Å². The van der Waals surface area contributed by atoms with Gasteiger partial charge in [-0.2, -0.15) is 0 Å². The van der Waals surface area contributed by atoms with Gasteiger partial charge in [-0.1, -0.05) is 19.9 Å². The Balaban J connectivity index is 1.92. The van der Waals surface area contributed by atoms with E-state index in [9.17, 15) is 5.11 Å². The van der Waals surface area contributed by atoms with Crippen molar-refractivity contribution < 1.29 is 5.11 Å². The molecule has 2 heterocycles. The van der Waals surface area contributed by atoms with E-state index in [1.807, 2.05) is 0 Å². The molecule has 0 aromatic carbocycles. The molecule has 0 saturated carbocycles. The van der Waals surface area contributed by atoms with Crippen molar-refractivity contribution in [3.8, 4) is 0 Å². The van der Waals surface area contributed by atoms with Crippen molar-refractivity contribution in [3.63, 3.8) is 0 Å². The smallest absolute Gasteiger partial charge is 0.0718 e. The second-order valence-electron chi connectivity index (χ2n) is 5.07. The van der Waals surface area contributed by atoms with E-state index >= 15 is 0 Å². The molecule has 15 heavy (non-hydrogen) atoms. The Labute approximate surface area is 95.5 Å². The fourth-order valence-electron chi connectivity index (χ4n) is 1.96. The van der Waals surface area contributed by atoms with Crippen molar-refractivity contribution in [2.75, 3.05) is 13.1 Å². The molecule has 1 atom stereocenters. The first-order chi connectivity index (χ1) is 7.08. The summed E-state index contributed by atoms with van der Waals surface area (Å²) in [4.78, 5) is 3.74. The van der Waals surface area contributed by atoms with Crippen LogP contribution in [-0.2, 0) is 6.54 Å². The lowest BCUT2D eigenvalue weighted by atomic mass is 9.80. The molecule has 3 heteroatoms. The van der Waals surface area contributed by atoms with Crippen LogP contribution in [0.15, 0.2) is 17.5 Å². The zero-order chi connectivity index (χ0) is 10.9. The average molecular weight is 225 g/mol. The molecule has 1 aromatic heterocycles. The van der Waals surface area contributed by atoms with Crippen LogP contribution < -0.4 is 0 Å². The maximum Gasteiger partial charge on any atom is 0.0718 e. The highest BCUT2D eigenvalue weighted by Gasteiger charge is 2.33. The number of β-amino-alcohol motifs (C(OH)–C–C–N with tert-alkyl or cyclic N) is 1. The summed E-state index contributed by atoms with van der Waals surface area (Å²) in [7, 11) is 0. The summed E-state index contributed by atoms with van der Waals surface area (Å²) in [5.74, 6) is 0. The van der Waals surface area contributed by atoms with Gasteiger partial charge in [0.2, 0.25) is 0 Å². The highest BCUT2D eigenvalue weighted by atomic mass is 32.1. The Morgan fingerprint density at radius 2 is 2.40 bits per heavy atom. The molecule has 2 rings (SSSR count). The van der Waals surface area contributed by atoms with Crippen LogP contribution in [0.2, 0.25) is 0 Å². The normalized spacial score (nSPS) is 26.7. The second-order valence-corrected chi connectivity index (χ2v) is 6.10. The number of nitrogens with zero attached hydrogens (tertiary/aromatic N) is 1. The third kappa shape index (κ3) is 2.60. The van der Waals surface area contributed by atoms with Gasteiger partial charge in [0.1, 0.15) is 0 Å². The minimum atomic E-state index is -0.189. The van der Waals surface area contributed by atoms with E-state index in [0.29, 0.717) is 0 Å². The third-order valence-corrected chi connectivity index (χ3v) is 4.23. The van der Waals surface area contributed by atoms with Crippen molar-refractivity contribution >= 4 is 11.3 Å². The van der Waals surface area contributed by atoms with E-state index in [2.05, 4.69) is 36.3 Å². The second kappa shape index (κ2) is 4.24. The van der Waals surface area contributed by atoms with Crippen LogP contribution in [0.1, 0.15) is 25.1 Å². The molecule has 1 N–H and O–H groups in total. The minimum Gasteiger partial charge on any atom is -0.391 e. The lowest BCUT2D eigenvalue weighted by molar-refractivity contribution is -0.0275. The lowest BCUT2D eigenvalue weighted by Gasteiger charge is -2.41. The summed E-state index contributed by atoms with van der Waals surface area (Å²) in [5, 5.41) is 12.1. The number of hydrogen-bond donors (Lipinski definition) is 1. The van der Waals surface area contributed by atoms with Gasteiger partial charge >= 0.3 is 0 Å². The molecule has 1 aromatic rings. The van der Waals surface area contributed by atoms with Crippen LogP contribution >= 0.6 is 11.3 Å². The number of aliphatic hydroxyl groups excluding tert-OH is 1. The van der Waals surface area contributed by atoms with Crippen LogP contribution in [0, 0.1) is 5.41 Å². The molecule has 0 spiro atoms.